The highest BCUT2D eigenvalue weighted by Gasteiger charge is 2.18. The fraction of sp³-hybridized carbons (Fsp3) is 0.727. The van der Waals surface area contributed by atoms with Gasteiger partial charge >= 0.3 is 0 Å². The number of rotatable bonds is 4. The molecule has 1 aliphatic carbocycles. The van der Waals surface area contributed by atoms with Crippen molar-refractivity contribution in [3.05, 3.63) is 16.1 Å². The van der Waals surface area contributed by atoms with Crippen molar-refractivity contribution in [3.8, 4) is 0 Å². The standard InChI is InChI=1S/C11H18N2O2S2/c1-17(14,15)12-7-11-13-10(8-16-11)9-5-3-2-4-6-9/h8-9,12H,2-7H2,1H3. The zero-order valence-corrected chi connectivity index (χ0v) is 11.6. The van der Waals surface area contributed by atoms with Crippen LogP contribution in [0.3, 0.4) is 0 Å². The number of sulfonamides is 1. The predicted molar refractivity (Wildman–Crippen MR) is 69.6 cm³/mol. The van der Waals surface area contributed by atoms with Crippen LogP contribution in [0.5, 0.6) is 0 Å². The SMILES string of the molecule is CS(=O)(=O)NCc1nc(C2CCCCC2)cs1. The van der Waals surface area contributed by atoms with Crippen molar-refractivity contribution in [3.63, 3.8) is 0 Å². The molecular formula is C11H18N2O2S2. The van der Waals surface area contributed by atoms with E-state index in [0.717, 1.165) is 10.7 Å². The molecule has 0 aliphatic heterocycles. The number of thiazole rings is 1. The van der Waals surface area contributed by atoms with Crippen LogP contribution in [0.25, 0.3) is 0 Å². The monoisotopic (exact) mass is 274 g/mol. The molecule has 1 aliphatic rings. The van der Waals surface area contributed by atoms with Gasteiger partial charge in [-0.25, -0.2) is 18.1 Å². The average Bonchev–Trinajstić information content (AvgIpc) is 2.75. The molecule has 1 N–H and O–H groups in total. The summed E-state index contributed by atoms with van der Waals surface area (Å²) in [5, 5.41) is 2.94. The van der Waals surface area contributed by atoms with E-state index in [1.165, 1.54) is 38.4 Å². The number of hydrogen-bond acceptors (Lipinski definition) is 4. The van der Waals surface area contributed by atoms with Crippen LogP contribution in [-0.4, -0.2) is 19.7 Å². The molecule has 1 saturated carbocycles. The first-order valence-electron chi connectivity index (χ1n) is 5.93. The molecule has 0 amide bonds. The Labute approximate surface area is 107 Å². The zero-order valence-electron chi connectivity index (χ0n) is 9.98. The van der Waals surface area contributed by atoms with Gasteiger partial charge in [-0.15, -0.1) is 11.3 Å². The van der Waals surface area contributed by atoms with Crippen LogP contribution in [0.1, 0.15) is 48.7 Å². The minimum Gasteiger partial charge on any atom is -0.245 e. The van der Waals surface area contributed by atoms with E-state index in [1.54, 1.807) is 11.3 Å². The van der Waals surface area contributed by atoms with Gasteiger partial charge in [0.05, 0.1) is 18.5 Å². The van der Waals surface area contributed by atoms with Gasteiger partial charge in [-0.05, 0) is 12.8 Å². The van der Waals surface area contributed by atoms with Crippen molar-refractivity contribution in [2.75, 3.05) is 6.26 Å². The molecule has 4 nitrogen and oxygen atoms in total. The van der Waals surface area contributed by atoms with Crippen LogP contribution in [0.4, 0.5) is 0 Å². The van der Waals surface area contributed by atoms with Crippen LogP contribution < -0.4 is 4.72 Å². The maximum Gasteiger partial charge on any atom is 0.209 e. The molecule has 1 aromatic heterocycles. The Hall–Kier alpha value is -0.460. The highest BCUT2D eigenvalue weighted by atomic mass is 32.2. The van der Waals surface area contributed by atoms with E-state index in [4.69, 9.17) is 0 Å². The highest BCUT2D eigenvalue weighted by Crippen LogP contribution is 2.32. The Kier molecular flexibility index (Phi) is 4.17. The number of hydrogen-bond donors (Lipinski definition) is 1. The van der Waals surface area contributed by atoms with Crippen LogP contribution in [0.2, 0.25) is 0 Å². The first kappa shape index (κ1) is 13.0. The second-order valence-electron chi connectivity index (χ2n) is 4.59. The smallest absolute Gasteiger partial charge is 0.209 e. The average molecular weight is 274 g/mol. The summed E-state index contributed by atoms with van der Waals surface area (Å²) in [4.78, 5) is 4.53. The summed E-state index contributed by atoms with van der Waals surface area (Å²) in [6, 6.07) is 0. The zero-order chi connectivity index (χ0) is 12.3. The molecule has 17 heavy (non-hydrogen) atoms. The fourth-order valence-electron chi connectivity index (χ4n) is 2.18. The molecular weight excluding hydrogens is 256 g/mol. The van der Waals surface area contributed by atoms with Gasteiger partial charge in [0.25, 0.3) is 0 Å². The van der Waals surface area contributed by atoms with Crippen LogP contribution in [-0.2, 0) is 16.6 Å². The normalized spacial score (nSPS) is 18.4. The molecule has 1 heterocycles. The Morgan fingerprint density at radius 3 is 2.76 bits per heavy atom. The Balaban J connectivity index is 1.95. The third kappa shape index (κ3) is 4.04. The van der Waals surface area contributed by atoms with E-state index in [0.29, 0.717) is 12.5 Å². The van der Waals surface area contributed by atoms with Crippen molar-refractivity contribution >= 4 is 21.4 Å². The van der Waals surface area contributed by atoms with Crippen LogP contribution >= 0.6 is 11.3 Å². The first-order chi connectivity index (χ1) is 8.04. The van der Waals surface area contributed by atoms with E-state index in [2.05, 4.69) is 15.1 Å². The van der Waals surface area contributed by atoms with E-state index >= 15 is 0 Å². The summed E-state index contributed by atoms with van der Waals surface area (Å²) in [6.45, 7) is 0.316. The Morgan fingerprint density at radius 2 is 2.12 bits per heavy atom. The van der Waals surface area contributed by atoms with E-state index in [-0.39, 0.29) is 0 Å². The van der Waals surface area contributed by atoms with Crippen molar-refractivity contribution in [1.29, 1.82) is 0 Å². The maximum atomic E-state index is 11.0. The molecule has 6 heteroatoms. The molecule has 96 valence electrons. The van der Waals surface area contributed by atoms with Crippen LogP contribution in [0, 0.1) is 0 Å². The lowest BCUT2D eigenvalue weighted by atomic mass is 9.87. The van der Waals surface area contributed by atoms with Crippen LogP contribution in [0.15, 0.2) is 5.38 Å². The van der Waals surface area contributed by atoms with Crippen molar-refractivity contribution < 1.29 is 8.42 Å². The van der Waals surface area contributed by atoms with Crippen molar-refractivity contribution in [2.24, 2.45) is 0 Å². The second kappa shape index (κ2) is 5.46. The van der Waals surface area contributed by atoms with E-state index in [1.807, 2.05) is 0 Å². The van der Waals surface area contributed by atoms with Gasteiger partial charge in [-0.2, -0.15) is 0 Å². The summed E-state index contributed by atoms with van der Waals surface area (Å²) in [5.41, 5.74) is 1.15. The predicted octanol–water partition coefficient (Wildman–Crippen LogP) is 2.24. The molecule has 2 rings (SSSR count). The summed E-state index contributed by atoms with van der Waals surface area (Å²) in [6.07, 6.45) is 7.54. The van der Waals surface area contributed by atoms with Crippen molar-refractivity contribution in [2.45, 2.75) is 44.6 Å². The second-order valence-corrected chi connectivity index (χ2v) is 7.37. The molecule has 0 aromatic carbocycles. The minimum atomic E-state index is -3.12. The van der Waals surface area contributed by atoms with Gasteiger partial charge < -0.3 is 0 Å². The minimum absolute atomic E-state index is 0.316. The van der Waals surface area contributed by atoms with Gasteiger partial charge in [-0.1, -0.05) is 19.3 Å². The summed E-state index contributed by atoms with van der Waals surface area (Å²) < 4.78 is 24.4. The summed E-state index contributed by atoms with van der Waals surface area (Å²) >= 11 is 1.55. The maximum absolute atomic E-state index is 11.0. The third-order valence-corrected chi connectivity index (χ3v) is 4.61. The van der Waals surface area contributed by atoms with Gasteiger partial charge in [-0.3, -0.25) is 0 Å². The lowest BCUT2D eigenvalue weighted by Crippen LogP contribution is -2.21. The number of aromatic nitrogens is 1. The van der Waals surface area contributed by atoms with Gasteiger partial charge in [0, 0.05) is 11.3 Å². The Morgan fingerprint density at radius 1 is 1.41 bits per heavy atom. The molecule has 1 aromatic rings. The molecule has 0 radical (unpaired) electrons. The van der Waals surface area contributed by atoms with Gasteiger partial charge in [0.15, 0.2) is 0 Å². The molecule has 1 fully saturated rings. The van der Waals surface area contributed by atoms with E-state index in [9.17, 15) is 8.42 Å². The quantitative estimate of drug-likeness (QED) is 0.916. The lowest BCUT2D eigenvalue weighted by molar-refractivity contribution is 0.437. The number of nitrogens with zero attached hydrogens (tertiary/aromatic N) is 1. The third-order valence-electron chi connectivity index (χ3n) is 3.08. The number of nitrogens with one attached hydrogen (secondary N) is 1. The molecule has 0 saturated heterocycles. The molecule has 0 unspecified atom stereocenters. The van der Waals surface area contributed by atoms with Gasteiger partial charge in [0.2, 0.25) is 10.0 Å². The molecule has 0 bridgehead atoms. The van der Waals surface area contributed by atoms with Gasteiger partial charge in [0.1, 0.15) is 5.01 Å². The molecule has 0 spiro atoms. The summed E-state index contributed by atoms with van der Waals surface area (Å²) in [5.74, 6) is 0.590. The van der Waals surface area contributed by atoms with Crippen molar-refractivity contribution in [1.82, 2.24) is 9.71 Å². The first-order valence-corrected chi connectivity index (χ1v) is 8.70. The lowest BCUT2D eigenvalue weighted by Gasteiger charge is -2.19. The van der Waals surface area contributed by atoms with E-state index < -0.39 is 10.0 Å². The fourth-order valence-corrected chi connectivity index (χ4v) is 3.49. The summed E-state index contributed by atoms with van der Waals surface area (Å²) in [7, 11) is -3.12. The Bertz CT molecular complexity index is 462. The largest absolute Gasteiger partial charge is 0.245 e. The highest BCUT2D eigenvalue weighted by molar-refractivity contribution is 7.88. The topological polar surface area (TPSA) is 59.1 Å². The molecule has 0 atom stereocenters.